The molecule has 0 aliphatic carbocycles. The van der Waals surface area contributed by atoms with Crippen LogP contribution in [0.15, 0.2) is 36.5 Å². The van der Waals surface area contributed by atoms with Gasteiger partial charge in [-0.3, -0.25) is 4.98 Å². The molecule has 2 rings (SSSR count). The molecule has 1 heterocycles. The van der Waals surface area contributed by atoms with Crippen molar-refractivity contribution in [1.29, 1.82) is 0 Å². The monoisotopic (exact) mass is 256 g/mol. The second-order valence-corrected chi connectivity index (χ2v) is 4.63. The second kappa shape index (κ2) is 6.34. The number of benzene rings is 1. The first-order valence-corrected chi connectivity index (χ1v) is 6.60. The normalized spacial score (nSPS) is 10.5. The van der Waals surface area contributed by atoms with E-state index >= 15 is 0 Å². The summed E-state index contributed by atoms with van der Waals surface area (Å²) in [6.45, 7) is 7.91. The van der Waals surface area contributed by atoms with Gasteiger partial charge in [-0.15, -0.1) is 0 Å². The van der Waals surface area contributed by atoms with Gasteiger partial charge in [0.2, 0.25) is 0 Å². The van der Waals surface area contributed by atoms with Crippen molar-refractivity contribution in [2.24, 2.45) is 0 Å². The van der Waals surface area contributed by atoms with E-state index in [1.54, 1.807) is 6.20 Å². The van der Waals surface area contributed by atoms with E-state index in [4.69, 9.17) is 4.74 Å². The molecule has 0 aliphatic heterocycles. The number of hydrogen-bond donors (Lipinski definition) is 1. The molecule has 0 unspecified atom stereocenters. The Bertz CT molecular complexity index is 535. The van der Waals surface area contributed by atoms with Crippen molar-refractivity contribution in [3.63, 3.8) is 0 Å². The molecule has 0 bridgehead atoms. The third kappa shape index (κ3) is 3.80. The quantitative estimate of drug-likeness (QED) is 0.887. The largest absolute Gasteiger partial charge is 0.455 e. The van der Waals surface area contributed by atoms with Gasteiger partial charge in [0.1, 0.15) is 11.5 Å². The number of nitrogens with one attached hydrogen (secondary N) is 1. The molecule has 0 saturated heterocycles. The lowest BCUT2D eigenvalue weighted by Gasteiger charge is -2.12. The van der Waals surface area contributed by atoms with E-state index < -0.39 is 0 Å². The molecule has 100 valence electrons. The molecule has 0 radical (unpaired) electrons. The Kier molecular flexibility index (Phi) is 4.53. The fourth-order valence-corrected chi connectivity index (χ4v) is 1.85. The predicted octanol–water partition coefficient (Wildman–Crippen LogP) is 3.60. The summed E-state index contributed by atoms with van der Waals surface area (Å²) >= 11 is 0. The number of aryl methyl sites for hydroxylation is 2. The standard InChI is InChI=1S/C16H20N2O/c1-4-17-10-14-9-12(2)5-8-16(14)19-15-7-6-13(3)18-11-15/h5-9,11,17H,4,10H2,1-3H3. The SMILES string of the molecule is CCNCc1cc(C)ccc1Oc1ccc(C)nc1. The molecular weight excluding hydrogens is 236 g/mol. The third-order valence-electron chi connectivity index (χ3n) is 2.89. The topological polar surface area (TPSA) is 34.1 Å². The molecule has 1 aromatic heterocycles. The van der Waals surface area contributed by atoms with Gasteiger partial charge >= 0.3 is 0 Å². The van der Waals surface area contributed by atoms with Gasteiger partial charge in [-0.05, 0) is 38.6 Å². The second-order valence-electron chi connectivity index (χ2n) is 4.63. The summed E-state index contributed by atoms with van der Waals surface area (Å²) in [6.07, 6.45) is 1.76. The number of nitrogens with zero attached hydrogens (tertiary/aromatic N) is 1. The van der Waals surface area contributed by atoms with Crippen LogP contribution in [0.5, 0.6) is 11.5 Å². The first-order chi connectivity index (χ1) is 9.19. The number of rotatable bonds is 5. The minimum atomic E-state index is 0.771. The van der Waals surface area contributed by atoms with Crippen LogP contribution in [0.3, 0.4) is 0 Å². The van der Waals surface area contributed by atoms with Crippen LogP contribution in [0.4, 0.5) is 0 Å². The Morgan fingerprint density at radius 3 is 2.68 bits per heavy atom. The van der Waals surface area contributed by atoms with Crippen LogP contribution in [0, 0.1) is 13.8 Å². The fourth-order valence-electron chi connectivity index (χ4n) is 1.85. The zero-order chi connectivity index (χ0) is 13.7. The van der Waals surface area contributed by atoms with E-state index in [0.29, 0.717) is 0 Å². The van der Waals surface area contributed by atoms with Crippen LogP contribution in [0.1, 0.15) is 23.7 Å². The summed E-state index contributed by atoms with van der Waals surface area (Å²) in [5.74, 6) is 1.66. The molecule has 2 aromatic rings. The van der Waals surface area contributed by atoms with Crippen LogP contribution < -0.4 is 10.1 Å². The van der Waals surface area contributed by atoms with Crippen molar-refractivity contribution in [2.75, 3.05) is 6.54 Å². The number of hydrogen-bond acceptors (Lipinski definition) is 3. The van der Waals surface area contributed by atoms with Crippen molar-refractivity contribution < 1.29 is 4.74 Å². The van der Waals surface area contributed by atoms with Gasteiger partial charge in [0.15, 0.2) is 0 Å². The van der Waals surface area contributed by atoms with Crippen molar-refractivity contribution in [2.45, 2.75) is 27.3 Å². The molecule has 1 N–H and O–H groups in total. The Balaban J connectivity index is 2.20. The highest BCUT2D eigenvalue weighted by molar-refractivity contribution is 5.39. The Hall–Kier alpha value is -1.87. The molecule has 0 saturated carbocycles. The van der Waals surface area contributed by atoms with Crippen LogP contribution in [0.2, 0.25) is 0 Å². The van der Waals surface area contributed by atoms with E-state index in [-0.39, 0.29) is 0 Å². The van der Waals surface area contributed by atoms with Crippen LogP contribution >= 0.6 is 0 Å². The maximum Gasteiger partial charge on any atom is 0.145 e. The zero-order valence-corrected chi connectivity index (χ0v) is 11.7. The highest BCUT2D eigenvalue weighted by atomic mass is 16.5. The lowest BCUT2D eigenvalue weighted by molar-refractivity contribution is 0.470. The Morgan fingerprint density at radius 1 is 1.16 bits per heavy atom. The highest BCUT2D eigenvalue weighted by Gasteiger charge is 2.05. The summed E-state index contributed by atoms with van der Waals surface area (Å²) in [5.41, 5.74) is 3.40. The molecule has 0 fully saturated rings. The van der Waals surface area contributed by atoms with E-state index in [0.717, 1.165) is 30.3 Å². The first kappa shape index (κ1) is 13.6. The summed E-state index contributed by atoms with van der Waals surface area (Å²) < 4.78 is 5.91. The first-order valence-electron chi connectivity index (χ1n) is 6.60. The minimum Gasteiger partial charge on any atom is -0.455 e. The highest BCUT2D eigenvalue weighted by Crippen LogP contribution is 2.25. The Labute approximate surface area is 114 Å². The third-order valence-corrected chi connectivity index (χ3v) is 2.89. The van der Waals surface area contributed by atoms with Crippen LogP contribution in [-0.2, 0) is 6.54 Å². The molecule has 0 atom stereocenters. The van der Waals surface area contributed by atoms with Gasteiger partial charge in [0.25, 0.3) is 0 Å². The average Bonchev–Trinajstić information content (AvgIpc) is 2.41. The maximum atomic E-state index is 5.91. The predicted molar refractivity (Wildman–Crippen MR) is 77.6 cm³/mol. The van der Waals surface area contributed by atoms with E-state index in [2.05, 4.69) is 36.3 Å². The smallest absolute Gasteiger partial charge is 0.145 e. The van der Waals surface area contributed by atoms with E-state index in [1.165, 1.54) is 11.1 Å². The summed E-state index contributed by atoms with van der Waals surface area (Å²) in [4.78, 5) is 4.24. The van der Waals surface area contributed by atoms with Crippen molar-refractivity contribution in [3.8, 4) is 11.5 Å². The van der Waals surface area contributed by atoms with Gasteiger partial charge in [-0.2, -0.15) is 0 Å². The van der Waals surface area contributed by atoms with Crippen molar-refractivity contribution >= 4 is 0 Å². The molecule has 3 nitrogen and oxygen atoms in total. The Morgan fingerprint density at radius 2 is 2.00 bits per heavy atom. The van der Waals surface area contributed by atoms with Crippen LogP contribution in [-0.4, -0.2) is 11.5 Å². The summed E-state index contributed by atoms with van der Waals surface area (Å²) in [7, 11) is 0. The number of aromatic nitrogens is 1. The lowest BCUT2D eigenvalue weighted by atomic mass is 10.1. The molecule has 0 aliphatic rings. The number of pyridine rings is 1. The van der Waals surface area contributed by atoms with Crippen molar-refractivity contribution in [1.82, 2.24) is 10.3 Å². The average molecular weight is 256 g/mol. The molecule has 0 spiro atoms. The summed E-state index contributed by atoms with van der Waals surface area (Å²) in [6, 6.07) is 10.1. The minimum absolute atomic E-state index is 0.771. The molecular formula is C16H20N2O. The maximum absolute atomic E-state index is 5.91. The van der Waals surface area contributed by atoms with Crippen molar-refractivity contribution in [3.05, 3.63) is 53.3 Å². The zero-order valence-electron chi connectivity index (χ0n) is 11.7. The molecule has 0 amide bonds. The van der Waals surface area contributed by atoms with E-state index in [1.807, 2.05) is 25.1 Å². The van der Waals surface area contributed by atoms with Gasteiger partial charge < -0.3 is 10.1 Å². The van der Waals surface area contributed by atoms with E-state index in [9.17, 15) is 0 Å². The van der Waals surface area contributed by atoms with Gasteiger partial charge in [-0.1, -0.05) is 24.6 Å². The number of ether oxygens (including phenoxy) is 1. The summed E-state index contributed by atoms with van der Waals surface area (Å²) in [5, 5.41) is 3.33. The van der Waals surface area contributed by atoms with Crippen LogP contribution in [0.25, 0.3) is 0 Å². The lowest BCUT2D eigenvalue weighted by Crippen LogP contribution is -2.12. The van der Waals surface area contributed by atoms with Gasteiger partial charge in [0.05, 0.1) is 6.20 Å². The fraction of sp³-hybridized carbons (Fsp3) is 0.312. The molecule has 3 heteroatoms. The van der Waals surface area contributed by atoms with Gasteiger partial charge in [0, 0.05) is 17.8 Å². The molecule has 1 aromatic carbocycles. The molecule has 19 heavy (non-hydrogen) atoms. The van der Waals surface area contributed by atoms with Gasteiger partial charge in [-0.25, -0.2) is 0 Å².